The van der Waals surface area contributed by atoms with Crippen molar-refractivity contribution in [3.05, 3.63) is 35.2 Å². The average Bonchev–Trinajstić information content (AvgIpc) is 3.35. The predicted octanol–water partition coefficient (Wildman–Crippen LogP) is 1.68. The second-order valence-corrected chi connectivity index (χ2v) is 16.8. The zero-order chi connectivity index (χ0) is 34.5. The van der Waals surface area contributed by atoms with Crippen LogP contribution in [0.3, 0.4) is 0 Å². The summed E-state index contributed by atoms with van der Waals surface area (Å²) in [5, 5.41) is 11.7. The highest BCUT2D eigenvalue weighted by Gasteiger charge is 2.74. The van der Waals surface area contributed by atoms with Crippen LogP contribution in [-0.4, -0.2) is 102 Å². The maximum atomic E-state index is 14.4. The highest BCUT2D eigenvalue weighted by Crippen LogP contribution is 2.73. The first-order valence-corrected chi connectivity index (χ1v) is 19.5. The van der Waals surface area contributed by atoms with Gasteiger partial charge in [-0.15, -0.1) is 0 Å². The van der Waals surface area contributed by atoms with Gasteiger partial charge in [-0.3, -0.25) is 32.0 Å². The molecule has 4 fully saturated rings. The zero-order valence-corrected chi connectivity index (χ0v) is 28.9. The Morgan fingerprint density at radius 3 is 2.69 bits per heavy atom. The Balaban J connectivity index is 1.18. The molecule has 23 heteroatoms. The van der Waals surface area contributed by atoms with E-state index in [1.54, 1.807) is 18.4 Å². The number of aliphatic hydroxyl groups is 1. The number of aromatic amines is 1. The van der Waals surface area contributed by atoms with Crippen LogP contribution in [-0.2, 0) is 41.2 Å². The van der Waals surface area contributed by atoms with Gasteiger partial charge >= 0.3 is 14.6 Å². The molecule has 2 saturated carbocycles. The molecule has 0 radical (unpaired) electrons. The van der Waals surface area contributed by atoms with Crippen LogP contribution in [0.1, 0.15) is 31.4 Å². The van der Waals surface area contributed by atoms with Gasteiger partial charge in [-0.2, -0.15) is 0 Å². The standard InChI is InChI=1S/C26H33N9O11P2S/c1-4-41-47(38)43-7-26-5-12(26)16(34-9-30-14-21(27)28-8-29-22(14)34)17(36)20(26)46-48(39,49)42-6-13-18(40-3)19(45-47)25(44-13)35-10-31-15-23(35)32-11(2)33-24(15)37/h8-10,12-13,16-20,25,36H,4-7H2,1-3H3,(H,39,49)(H2,27,28,29)(H,32,33,37)/t12-,13-,16-,17+,18-,19-,20+,25-,26?,47+,48+/m1/s1. The number of anilines is 1. The third-order valence-corrected chi connectivity index (χ3v) is 12.7. The van der Waals surface area contributed by atoms with Crippen LogP contribution in [0.4, 0.5) is 5.82 Å². The number of aliphatic hydroxyl groups excluding tert-OH is 1. The van der Waals surface area contributed by atoms with Gasteiger partial charge < -0.3 is 29.9 Å². The van der Waals surface area contributed by atoms with Crippen molar-refractivity contribution in [2.45, 2.75) is 63.1 Å². The molecule has 49 heavy (non-hydrogen) atoms. The van der Waals surface area contributed by atoms with E-state index < -0.39 is 68.4 Å². The summed E-state index contributed by atoms with van der Waals surface area (Å²) in [4.78, 5) is 36.5. The Labute approximate surface area is 282 Å². The van der Waals surface area contributed by atoms with Gasteiger partial charge in [0, 0.05) is 12.5 Å². The van der Waals surface area contributed by atoms with E-state index >= 15 is 0 Å². The number of hydrogen-bond donors (Lipinski definition) is 4. The van der Waals surface area contributed by atoms with Crippen LogP contribution < -0.4 is 11.3 Å². The second-order valence-electron chi connectivity index (χ2n) is 12.3. The number of ether oxygens (including phenoxy) is 2. The number of phosphoric acid groups is 1. The SMILES string of the molecule is CCO[P@@]1(=O)OCC23C[C@@H]2[C@@H](n2cnc4c(N)ncnc42)[C@H](O)[C@@H]3O[P@@](=O)(S)OC[C@H]2O[C@@H](n3cnc4c(=O)[nH]c(C)nc43)[C@H](O1)[C@@H]2OC. The van der Waals surface area contributed by atoms with E-state index in [1.165, 1.54) is 30.7 Å². The normalized spacial score (nSPS) is 39.3. The van der Waals surface area contributed by atoms with Gasteiger partial charge in [0.1, 0.15) is 48.2 Å². The third kappa shape index (κ3) is 5.38. The Hall–Kier alpha value is -2.81. The van der Waals surface area contributed by atoms with E-state index in [0.29, 0.717) is 23.4 Å². The third-order valence-electron chi connectivity index (χ3n) is 9.59. The minimum Gasteiger partial charge on any atom is -0.388 e. The van der Waals surface area contributed by atoms with Crippen LogP contribution in [0.5, 0.6) is 0 Å². The Morgan fingerprint density at radius 1 is 1.14 bits per heavy atom. The number of nitrogen functional groups attached to an aromatic ring is 1. The van der Waals surface area contributed by atoms with Gasteiger partial charge in [-0.05, 0) is 26.2 Å². The lowest BCUT2D eigenvalue weighted by Crippen LogP contribution is -2.37. The molecule has 4 aliphatic rings. The van der Waals surface area contributed by atoms with Crippen LogP contribution in [0.15, 0.2) is 23.8 Å². The number of aryl methyl sites for hydroxylation is 1. The van der Waals surface area contributed by atoms with Crippen molar-refractivity contribution in [2.75, 3.05) is 32.7 Å². The number of nitrogens with zero attached hydrogens (tertiary/aromatic N) is 7. The monoisotopic (exact) mass is 741 g/mol. The number of methoxy groups -OCH3 is 1. The van der Waals surface area contributed by atoms with Crippen molar-refractivity contribution < 1.29 is 46.3 Å². The molecule has 8 rings (SSSR count). The van der Waals surface area contributed by atoms with Gasteiger partial charge in [-0.1, -0.05) is 12.2 Å². The molecule has 0 amide bonds. The predicted molar refractivity (Wildman–Crippen MR) is 170 cm³/mol. The molecule has 4 aromatic rings. The smallest absolute Gasteiger partial charge is 0.388 e. The zero-order valence-electron chi connectivity index (χ0n) is 26.3. The number of nitrogens with one attached hydrogen (secondary N) is 1. The number of nitrogens with two attached hydrogens (primary N) is 1. The molecule has 6 heterocycles. The minimum absolute atomic E-state index is 0.0348. The Morgan fingerprint density at radius 2 is 1.92 bits per heavy atom. The molecular formula is C26H33N9O11P2S. The van der Waals surface area contributed by atoms with Crippen LogP contribution in [0.2, 0.25) is 0 Å². The van der Waals surface area contributed by atoms with Crippen molar-refractivity contribution in [1.29, 1.82) is 0 Å². The summed E-state index contributed by atoms with van der Waals surface area (Å²) in [6.07, 6.45) is -2.28. The molecule has 0 aromatic carbocycles. The van der Waals surface area contributed by atoms with Crippen molar-refractivity contribution >= 4 is 55.0 Å². The first-order chi connectivity index (χ1) is 23.4. The summed E-state index contributed by atoms with van der Waals surface area (Å²) >= 11 is 4.27. The van der Waals surface area contributed by atoms with E-state index in [2.05, 4.69) is 42.2 Å². The van der Waals surface area contributed by atoms with E-state index in [1.807, 2.05) is 0 Å². The van der Waals surface area contributed by atoms with Gasteiger partial charge in [0.2, 0.25) is 0 Å². The number of imidazole rings is 2. The quantitative estimate of drug-likeness (QED) is 0.168. The molecule has 4 aromatic heterocycles. The molecule has 1 spiro atoms. The molecule has 2 aliphatic heterocycles. The van der Waals surface area contributed by atoms with Crippen molar-refractivity contribution in [3.8, 4) is 0 Å². The number of thiol groups is 1. The maximum Gasteiger partial charge on any atom is 0.475 e. The fourth-order valence-electron chi connectivity index (χ4n) is 7.39. The average molecular weight is 742 g/mol. The van der Waals surface area contributed by atoms with Crippen LogP contribution >= 0.6 is 26.9 Å². The lowest BCUT2D eigenvalue weighted by Gasteiger charge is -2.31. The highest BCUT2D eigenvalue weighted by atomic mass is 32.7. The van der Waals surface area contributed by atoms with Crippen molar-refractivity contribution in [3.63, 3.8) is 0 Å². The van der Waals surface area contributed by atoms with Gasteiger partial charge in [0.15, 0.2) is 28.9 Å². The topological polar surface area (TPSA) is 252 Å². The number of aromatic nitrogens is 8. The largest absolute Gasteiger partial charge is 0.475 e. The molecule has 4 N–H and O–H groups in total. The lowest BCUT2D eigenvalue weighted by atomic mass is 10.0. The fraction of sp³-hybridized carbons (Fsp3) is 0.615. The second kappa shape index (κ2) is 11.9. The van der Waals surface area contributed by atoms with Crippen molar-refractivity contribution in [2.24, 2.45) is 11.3 Å². The van der Waals surface area contributed by atoms with E-state index in [4.69, 9.17) is 37.8 Å². The number of fused-ring (bicyclic) bond motifs is 4. The van der Waals surface area contributed by atoms with E-state index in [9.17, 15) is 19.0 Å². The summed E-state index contributed by atoms with van der Waals surface area (Å²) in [6, 6.07) is -0.683. The molecule has 2 bridgehead atoms. The van der Waals surface area contributed by atoms with Crippen LogP contribution in [0.25, 0.3) is 22.3 Å². The Kier molecular flexibility index (Phi) is 8.08. The number of phosphoric ester groups is 1. The van der Waals surface area contributed by atoms with Gasteiger partial charge in [-0.25, -0.2) is 34.0 Å². The fourth-order valence-corrected chi connectivity index (χ4v) is 10.3. The highest BCUT2D eigenvalue weighted by molar-refractivity contribution is 8.44. The molecule has 20 nitrogen and oxygen atoms in total. The Bertz CT molecular complexity index is 2100. The molecule has 2 saturated heterocycles. The van der Waals surface area contributed by atoms with Crippen molar-refractivity contribution in [1.82, 2.24) is 39.0 Å². The molecule has 11 atom stereocenters. The van der Waals surface area contributed by atoms with E-state index in [-0.39, 0.29) is 42.7 Å². The molecular weight excluding hydrogens is 708 g/mol. The number of H-pyrrole nitrogens is 1. The first kappa shape index (κ1) is 33.3. The molecule has 1 unspecified atom stereocenters. The summed E-state index contributed by atoms with van der Waals surface area (Å²) < 4.78 is 73.1. The summed E-state index contributed by atoms with van der Waals surface area (Å²) in [5.41, 5.74) is 5.44. The number of hydrogen-bond acceptors (Lipinski definition) is 17. The van der Waals surface area contributed by atoms with Gasteiger partial charge in [0.05, 0.1) is 38.5 Å². The lowest BCUT2D eigenvalue weighted by molar-refractivity contribution is -0.0612. The maximum absolute atomic E-state index is 14.4. The molecule has 2 aliphatic carbocycles. The van der Waals surface area contributed by atoms with Crippen LogP contribution in [0, 0.1) is 18.3 Å². The molecule has 264 valence electrons. The number of rotatable bonds is 5. The summed E-state index contributed by atoms with van der Waals surface area (Å²) in [7, 11) is -3.06. The summed E-state index contributed by atoms with van der Waals surface area (Å²) in [5.74, 6) is 0.137. The summed E-state index contributed by atoms with van der Waals surface area (Å²) in [6.45, 7) is -1.74. The van der Waals surface area contributed by atoms with Gasteiger partial charge in [0.25, 0.3) is 5.56 Å². The van der Waals surface area contributed by atoms with E-state index in [0.717, 1.165) is 0 Å². The first-order valence-electron chi connectivity index (χ1n) is 15.3. The minimum atomic E-state index is -4.44.